The molecule has 0 bridgehead atoms. The number of hydrogen-bond acceptors (Lipinski definition) is 0. The molecule has 0 aliphatic carbocycles. The first-order valence-electron chi connectivity index (χ1n) is 0. The molecule has 0 atom stereocenters. The molecule has 0 nitrogen and oxygen atoms in total. The van der Waals surface area contributed by atoms with Crippen LogP contribution in [-0.4, -0.2) is 17.4 Å². The molecule has 0 aromatic carbocycles. The van der Waals surface area contributed by atoms with Crippen LogP contribution in [0.4, 0.5) is 0 Å². The van der Waals surface area contributed by atoms with E-state index in [4.69, 9.17) is 0 Å². The van der Waals surface area contributed by atoms with E-state index in [2.05, 4.69) is 0 Å². The maximum Gasteiger partial charge on any atom is 3.00 e. The molecule has 0 saturated heterocycles. The third-order valence-electron chi connectivity index (χ3n) is 0. The molecule has 0 fully saturated rings. The van der Waals surface area contributed by atoms with E-state index in [1.807, 2.05) is 0 Å². The Bertz CT molecular complexity index is 8.04. The van der Waals surface area contributed by atoms with Gasteiger partial charge in [0.1, 0.15) is 0 Å². The molecule has 0 spiro atoms. The molecule has 7 heteroatoms. The molecule has 0 aromatic heterocycles. The predicted molar refractivity (Wildman–Crippen MR) is 5.75 cm³/mol. The molecule has 0 N–H and O–H groups in total. The topological polar surface area (TPSA) is 0 Å². The molecule has 45 valence electrons. The Labute approximate surface area is 95.6 Å². The van der Waals surface area contributed by atoms with Crippen LogP contribution in [0.1, 0.15) is 0 Å². The summed E-state index contributed by atoms with van der Waals surface area (Å²) in [5.74, 6) is 0. The van der Waals surface area contributed by atoms with Crippen LogP contribution in [0.2, 0.25) is 0 Å². The minimum Gasteiger partial charge on any atom is -1.00 e. The van der Waals surface area contributed by atoms with Crippen LogP contribution in [0, 0.1) is 0 Å². The van der Waals surface area contributed by atoms with Crippen molar-refractivity contribution < 1.29 is 79.1 Å². The second-order valence-electron chi connectivity index (χ2n) is 0. The monoisotopic (exact) mass is 257 g/mol. The average Bonchev–Trinajstić information content (AvgIpc) is 0. The zero-order valence-corrected chi connectivity index (χ0v) is 8.96. The van der Waals surface area contributed by atoms with Crippen molar-refractivity contribution in [1.29, 1.82) is 0 Å². The molecule has 0 aromatic rings. The molecule has 0 heterocycles. The summed E-state index contributed by atoms with van der Waals surface area (Å²) in [6.45, 7) is 0. The average molecular weight is 259 g/mol. The molecular weight excluding hydrogens is 259 g/mol. The molecule has 0 aliphatic rings. The van der Waals surface area contributed by atoms with E-state index >= 15 is 0 Å². The molecular formula is AlCl5Mn. The largest absolute Gasteiger partial charge is 3.00 e. The van der Waals surface area contributed by atoms with Crippen LogP contribution >= 0.6 is 0 Å². The van der Waals surface area contributed by atoms with Crippen LogP contribution in [-0.2, 0) is 17.1 Å². The third kappa shape index (κ3) is 57.4. The van der Waals surface area contributed by atoms with Crippen molar-refractivity contribution in [3.63, 3.8) is 0 Å². The molecule has 0 rings (SSSR count). The summed E-state index contributed by atoms with van der Waals surface area (Å²) in [5, 5.41) is 0. The number of halogens is 5. The second-order valence-corrected chi connectivity index (χ2v) is 0. The molecule has 1 radical (unpaired) electrons. The first-order valence-corrected chi connectivity index (χ1v) is 0. The molecule has 0 amide bonds. The van der Waals surface area contributed by atoms with Crippen molar-refractivity contribution in [3.8, 4) is 0 Å². The molecule has 0 unspecified atom stereocenters. The van der Waals surface area contributed by atoms with Gasteiger partial charge in [-0.25, -0.2) is 0 Å². The first kappa shape index (κ1) is 110. The summed E-state index contributed by atoms with van der Waals surface area (Å²) < 4.78 is 0. The van der Waals surface area contributed by atoms with Crippen LogP contribution < -0.4 is 62.0 Å². The van der Waals surface area contributed by atoms with Crippen molar-refractivity contribution in [2.24, 2.45) is 0 Å². The van der Waals surface area contributed by atoms with E-state index in [9.17, 15) is 0 Å². The van der Waals surface area contributed by atoms with Gasteiger partial charge < -0.3 is 62.0 Å². The zero-order valence-electron chi connectivity index (χ0n) is 2.85. The van der Waals surface area contributed by atoms with E-state index in [0.29, 0.717) is 0 Å². The van der Waals surface area contributed by atoms with Gasteiger partial charge in [0.2, 0.25) is 0 Å². The SMILES string of the molecule is [Al+3].[Cl-].[Cl-].[Cl-].[Cl-].[Cl-].[Mn+2]. The maximum absolute atomic E-state index is 0. The van der Waals surface area contributed by atoms with Crippen molar-refractivity contribution in [1.82, 2.24) is 0 Å². The van der Waals surface area contributed by atoms with E-state index in [-0.39, 0.29) is 96.5 Å². The van der Waals surface area contributed by atoms with Crippen molar-refractivity contribution in [3.05, 3.63) is 0 Å². The quantitative estimate of drug-likeness (QED) is 0.379. The fourth-order valence-corrected chi connectivity index (χ4v) is 0. The van der Waals surface area contributed by atoms with Gasteiger partial charge in [0, 0.05) is 0 Å². The Balaban J connectivity index is 0. The van der Waals surface area contributed by atoms with Gasteiger partial charge in [-0.3, -0.25) is 0 Å². The Kier molecular flexibility index (Phi) is 1200. The fourth-order valence-electron chi connectivity index (χ4n) is 0. The van der Waals surface area contributed by atoms with E-state index in [1.165, 1.54) is 0 Å². The standard InChI is InChI=1S/Al.5ClH.Mn/h;5*1H;/q+3;;;;;;+2/p-5. The second kappa shape index (κ2) is 76.4. The summed E-state index contributed by atoms with van der Waals surface area (Å²) in [5.41, 5.74) is 0. The van der Waals surface area contributed by atoms with E-state index < -0.39 is 0 Å². The fraction of sp³-hybridized carbons (Fsp3) is 0. The van der Waals surface area contributed by atoms with E-state index in [0.717, 1.165) is 0 Å². The number of hydrogen-bond donors (Lipinski definition) is 0. The first-order chi connectivity index (χ1) is 0. The van der Waals surface area contributed by atoms with E-state index in [1.54, 1.807) is 0 Å². The van der Waals surface area contributed by atoms with Gasteiger partial charge in [0.05, 0.1) is 0 Å². The minimum atomic E-state index is 0. The van der Waals surface area contributed by atoms with Gasteiger partial charge in [-0.2, -0.15) is 0 Å². The van der Waals surface area contributed by atoms with Crippen LogP contribution in [0.3, 0.4) is 0 Å². The van der Waals surface area contributed by atoms with Gasteiger partial charge in [-0.05, 0) is 0 Å². The third-order valence-corrected chi connectivity index (χ3v) is 0. The van der Waals surface area contributed by atoms with Gasteiger partial charge in [0.25, 0.3) is 0 Å². The molecule has 0 saturated carbocycles. The van der Waals surface area contributed by atoms with Gasteiger partial charge in [-0.15, -0.1) is 0 Å². The Hall–Kier alpha value is 2.50. The molecule has 0 aliphatic heterocycles. The Morgan fingerprint density at radius 3 is 0.429 bits per heavy atom. The summed E-state index contributed by atoms with van der Waals surface area (Å²) in [6.07, 6.45) is 0. The summed E-state index contributed by atoms with van der Waals surface area (Å²) >= 11 is 0. The summed E-state index contributed by atoms with van der Waals surface area (Å²) in [7, 11) is 0. The zero-order chi connectivity index (χ0) is 0. The van der Waals surface area contributed by atoms with Gasteiger partial charge in [-0.1, -0.05) is 0 Å². The van der Waals surface area contributed by atoms with Crippen molar-refractivity contribution in [2.75, 3.05) is 0 Å². The Morgan fingerprint density at radius 1 is 0.429 bits per heavy atom. The van der Waals surface area contributed by atoms with Gasteiger partial charge >= 0.3 is 34.4 Å². The smallest absolute Gasteiger partial charge is 1.00 e. The maximum atomic E-state index is 0. The Morgan fingerprint density at radius 2 is 0.429 bits per heavy atom. The van der Waals surface area contributed by atoms with Crippen LogP contribution in [0.5, 0.6) is 0 Å². The van der Waals surface area contributed by atoms with Gasteiger partial charge in [0.15, 0.2) is 0 Å². The molecule has 7 heavy (non-hydrogen) atoms. The number of rotatable bonds is 0. The van der Waals surface area contributed by atoms with Crippen LogP contribution in [0.25, 0.3) is 0 Å². The minimum absolute atomic E-state index is 0. The van der Waals surface area contributed by atoms with Crippen LogP contribution in [0.15, 0.2) is 0 Å². The summed E-state index contributed by atoms with van der Waals surface area (Å²) in [6, 6.07) is 0. The van der Waals surface area contributed by atoms with Crippen molar-refractivity contribution >= 4 is 17.4 Å². The predicted octanol–water partition coefficient (Wildman–Crippen LogP) is -15.4. The van der Waals surface area contributed by atoms with Crippen molar-refractivity contribution in [2.45, 2.75) is 0 Å². The summed E-state index contributed by atoms with van der Waals surface area (Å²) in [4.78, 5) is 0. The normalized spacial score (nSPS) is 0.